The highest BCUT2D eigenvalue weighted by Gasteiger charge is 2.57. The zero-order chi connectivity index (χ0) is 19.2. The fourth-order valence-corrected chi connectivity index (χ4v) is 8.97. The van der Waals surface area contributed by atoms with E-state index >= 15 is 0 Å². The molecule has 0 aromatic heterocycles. The van der Waals surface area contributed by atoms with Crippen LogP contribution in [0.3, 0.4) is 0 Å². The summed E-state index contributed by atoms with van der Waals surface area (Å²) in [6.45, 7) is 12.4. The Hall–Kier alpha value is -0.260. The van der Waals surface area contributed by atoms with Crippen LogP contribution in [0.15, 0.2) is 11.6 Å². The van der Waals surface area contributed by atoms with Crippen molar-refractivity contribution >= 4 is 0 Å². The van der Waals surface area contributed by atoms with Gasteiger partial charge in [-0.2, -0.15) is 0 Å². The Morgan fingerprint density at radius 3 is 2.44 bits per heavy atom. The van der Waals surface area contributed by atoms with Gasteiger partial charge in [-0.25, -0.2) is 0 Å². The molecule has 27 heavy (non-hydrogen) atoms. The van der Waals surface area contributed by atoms with Crippen LogP contribution in [0.5, 0.6) is 0 Å². The maximum absolute atomic E-state index is 2.69. The highest BCUT2D eigenvalue weighted by Crippen LogP contribution is 2.66. The number of hydrogen-bond acceptors (Lipinski definition) is 0. The average Bonchev–Trinajstić information content (AvgIpc) is 3.02. The summed E-state index contributed by atoms with van der Waals surface area (Å²) in [5.74, 6) is 6.23. The van der Waals surface area contributed by atoms with E-state index in [2.05, 4.69) is 40.7 Å². The summed E-state index contributed by atoms with van der Waals surface area (Å²) in [6, 6.07) is 0. The number of unbranched alkanes of at least 4 members (excludes halogenated alkanes) is 1. The summed E-state index contributed by atoms with van der Waals surface area (Å²) in [5, 5.41) is 0. The van der Waals surface area contributed by atoms with E-state index in [1.165, 1.54) is 44.9 Å². The molecule has 0 bridgehead atoms. The first kappa shape index (κ1) is 20.0. The van der Waals surface area contributed by atoms with E-state index in [1.54, 1.807) is 37.7 Å². The first-order valence-corrected chi connectivity index (χ1v) is 12.5. The number of fused-ring (bicyclic) bond motifs is 5. The number of allylic oxidation sites excluding steroid dienone is 2. The van der Waals surface area contributed by atoms with E-state index in [0.717, 1.165) is 35.5 Å². The van der Waals surface area contributed by atoms with Crippen LogP contribution in [-0.4, -0.2) is 0 Å². The molecule has 4 rings (SSSR count). The summed E-state index contributed by atoms with van der Waals surface area (Å²) in [4.78, 5) is 0. The molecule has 4 fully saturated rings. The molecule has 0 amide bonds. The van der Waals surface area contributed by atoms with Crippen molar-refractivity contribution in [2.24, 2.45) is 46.3 Å². The van der Waals surface area contributed by atoms with E-state index in [1.807, 2.05) is 0 Å². The summed E-state index contributed by atoms with van der Waals surface area (Å²) >= 11 is 0. The minimum Gasteiger partial charge on any atom is -0.0884 e. The van der Waals surface area contributed by atoms with Gasteiger partial charge in [0.05, 0.1) is 0 Å². The van der Waals surface area contributed by atoms with Crippen molar-refractivity contribution in [2.45, 2.75) is 112 Å². The molecule has 0 aromatic carbocycles. The van der Waals surface area contributed by atoms with Gasteiger partial charge in [0.25, 0.3) is 0 Å². The van der Waals surface area contributed by atoms with Gasteiger partial charge >= 0.3 is 0 Å². The molecular formula is C27H46. The van der Waals surface area contributed by atoms with Gasteiger partial charge < -0.3 is 0 Å². The van der Waals surface area contributed by atoms with Gasteiger partial charge in [-0.05, 0) is 124 Å². The van der Waals surface area contributed by atoms with Crippen LogP contribution in [0.25, 0.3) is 0 Å². The summed E-state index contributed by atoms with van der Waals surface area (Å²) in [7, 11) is 0. The van der Waals surface area contributed by atoms with Crippen molar-refractivity contribution in [2.75, 3.05) is 0 Å². The highest BCUT2D eigenvalue weighted by atomic mass is 14.6. The molecular weight excluding hydrogens is 324 g/mol. The smallest absolute Gasteiger partial charge is 0.0149 e. The van der Waals surface area contributed by atoms with Crippen molar-refractivity contribution in [1.29, 1.82) is 0 Å². The minimum absolute atomic E-state index is 0.620. The van der Waals surface area contributed by atoms with Crippen LogP contribution in [0.2, 0.25) is 0 Å². The third-order valence-corrected chi connectivity index (χ3v) is 10.5. The normalized spacial score (nSPS) is 50.0. The minimum atomic E-state index is 0.620. The van der Waals surface area contributed by atoms with Gasteiger partial charge in [-0.1, -0.05) is 45.3 Å². The fourth-order valence-electron chi connectivity index (χ4n) is 8.97. The van der Waals surface area contributed by atoms with Crippen LogP contribution in [0, 0.1) is 46.3 Å². The van der Waals surface area contributed by atoms with Gasteiger partial charge in [0.2, 0.25) is 0 Å². The van der Waals surface area contributed by atoms with Crippen molar-refractivity contribution in [1.82, 2.24) is 0 Å². The molecule has 5 unspecified atom stereocenters. The first-order chi connectivity index (χ1) is 12.9. The molecule has 0 heteroatoms. The van der Waals surface area contributed by atoms with E-state index in [0.29, 0.717) is 10.8 Å². The molecule has 0 nitrogen and oxygen atoms in total. The molecule has 8 atom stereocenters. The van der Waals surface area contributed by atoms with Gasteiger partial charge in [0.1, 0.15) is 0 Å². The Kier molecular flexibility index (Phi) is 5.59. The second kappa shape index (κ2) is 7.53. The van der Waals surface area contributed by atoms with Crippen LogP contribution >= 0.6 is 0 Å². The monoisotopic (exact) mass is 370 g/mol. The van der Waals surface area contributed by atoms with Crippen LogP contribution < -0.4 is 0 Å². The largest absolute Gasteiger partial charge is 0.0884 e. The van der Waals surface area contributed by atoms with Crippen LogP contribution in [-0.2, 0) is 0 Å². The lowest BCUT2D eigenvalue weighted by Crippen LogP contribution is -2.49. The molecule has 4 aliphatic carbocycles. The Balaban J connectivity index is 1.48. The maximum Gasteiger partial charge on any atom is -0.0149 e. The van der Waals surface area contributed by atoms with Crippen molar-refractivity contribution in [3.8, 4) is 0 Å². The SMILES string of the molecule is C/C=C(/C)C1CC[C@H]2C3CCC4C[C@@](C)(CCCC)CCC4[C@H]3CCC12C. The first-order valence-electron chi connectivity index (χ1n) is 12.5. The Morgan fingerprint density at radius 1 is 0.926 bits per heavy atom. The molecule has 0 spiro atoms. The van der Waals surface area contributed by atoms with E-state index < -0.39 is 0 Å². The van der Waals surface area contributed by atoms with Crippen LogP contribution in [0.4, 0.5) is 0 Å². The lowest BCUT2D eigenvalue weighted by Gasteiger charge is -2.57. The third-order valence-electron chi connectivity index (χ3n) is 10.5. The van der Waals surface area contributed by atoms with Crippen molar-refractivity contribution in [3.63, 3.8) is 0 Å². The van der Waals surface area contributed by atoms with E-state index in [9.17, 15) is 0 Å². The summed E-state index contributed by atoms with van der Waals surface area (Å²) in [5.41, 5.74) is 2.99. The molecule has 154 valence electrons. The Bertz CT molecular complexity index is 558. The highest BCUT2D eigenvalue weighted by molar-refractivity contribution is 5.15. The second-order valence-electron chi connectivity index (χ2n) is 11.8. The standard InChI is InChI=1S/C27H46/c1-6-8-15-26(4)16-13-21-20(18-26)9-10-23-22(21)14-17-27(5)24(19(3)7-2)11-12-25(23)27/h7,20-25H,6,8-18H2,1-5H3/b19-7-/t20?,21?,22-,23?,24?,25+,26+,27?/m1/s1. The zero-order valence-corrected chi connectivity index (χ0v) is 19.0. The fraction of sp³-hybridized carbons (Fsp3) is 0.926. The Labute approximate surface area is 170 Å². The second-order valence-corrected chi connectivity index (χ2v) is 11.8. The molecule has 0 N–H and O–H groups in total. The Morgan fingerprint density at radius 2 is 1.70 bits per heavy atom. The third kappa shape index (κ3) is 3.36. The van der Waals surface area contributed by atoms with E-state index in [4.69, 9.17) is 0 Å². The molecule has 4 saturated carbocycles. The quantitative estimate of drug-likeness (QED) is 0.436. The van der Waals surface area contributed by atoms with E-state index in [-0.39, 0.29) is 0 Å². The zero-order valence-electron chi connectivity index (χ0n) is 19.0. The molecule has 0 heterocycles. The summed E-state index contributed by atoms with van der Waals surface area (Å²) < 4.78 is 0. The maximum atomic E-state index is 2.69. The lowest BCUT2D eigenvalue weighted by atomic mass is 9.48. The predicted molar refractivity (Wildman–Crippen MR) is 118 cm³/mol. The van der Waals surface area contributed by atoms with Gasteiger partial charge in [0, 0.05) is 0 Å². The number of hydrogen-bond donors (Lipinski definition) is 0. The molecule has 0 saturated heterocycles. The van der Waals surface area contributed by atoms with Crippen molar-refractivity contribution in [3.05, 3.63) is 11.6 Å². The molecule has 0 radical (unpaired) electrons. The molecule has 4 aliphatic rings. The summed E-state index contributed by atoms with van der Waals surface area (Å²) in [6.07, 6.45) is 20.6. The molecule has 0 aromatic rings. The van der Waals surface area contributed by atoms with Gasteiger partial charge in [0.15, 0.2) is 0 Å². The lowest BCUT2D eigenvalue weighted by molar-refractivity contribution is -0.0760. The average molecular weight is 371 g/mol. The topological polar surface area (TPSA) is 0 Å². The van der Waals surface area contributed by atoms with Crippen LogP contribution in [0.1, 0.15) is 112 Å². The number of rotatable bonds is 4. The van der Waals surface area contributed by atoms with Gasteiger partial charge in [-0.3, -0.25) is 0 Å². The van der Waals surface area contributed by atoms with Crippen molar-refractivity contribution < 1.29 is 0 Å². The predicted octanol–water partition coefficient (Wildman–Crippen LogP) is 8.42. The molecule has 0 aliphatic heterocycles. The van der Waals surface area contributed by atoms with Gasteiger partial charge in [-0.15, -0.1) is 0 Å².